The lowest BCUT2D eigenvalue weighted by Crippen LogP contribution is -2.28. The third kappa shape index (κ3) is 3.68. The molecule has 7 heteroatoms. The first-order valence-corrected chi connectivity index (χ1v) is 11.1. The SMILES string of the molecule is Cc1nc(C)c(C(C)C)c(N2CCOc3ccc(-c4cnc5nc(C)[nH]c5c4)cc3C2)n1. The minimum atomic E-state index is 0.344. The summed E-state index contributed by atoms with van der Waals surface area (Å²) in [6.45, 7) is 12.5. The van der Waals surface area contributed by atoms with Crippen molar-refractivity contribution in [2.24, 2.45) is 0 Å². The fraction of sp³-hybridized carbons (Fsp3) is 0.360. The van der Waals surface area contributed by atoms with Gasteiger partial charge in [0, 0.05) is 35.1 Å². The Morgan fingerprint density at radius 2 is 1.88 bits per heavy atom. The maximum Gasteiger partial charge on any atom is 0.177 e. The van der Waals surface area contributed by atoms with E-state index in [0.717, 1.165) is 69.9 Å². The minimum absolute atomic E-state index is 0.344. The van der Waals surface area contributed by atoms with E-state index in [0.29, 0.717) is 12.5 Å². The van der Waals surface area contributed by atoms with Gasteiger partial charge in [0.25, 0.3) is 0 Å². The molecule has 0 unspecified atom stereocenters. The molecule has 0 spiro atoms. The van der Waals surface area contributed by atoms with Crippen LogP contribution in [0.3, 0.4) is 0 Å². The number of nitrogens with one attached hydrogen (secondary N) is 1. The van der Waals surface area contributed by atoms with Crippen LogP contribution >= 0.6 is 0 Å². The number of ether oxygens (including phenoxy) is 1. The molecule has 0 bridgehead atoms. The monoisotopic (exact) mass is 428 g/mol. The van der Waals surface area contributed by atoms with Gasteiger partial charge in [-0.1, -0.05) is 19.9 Å². The molecule has 0 saturated carbocycles. The van der Waals surface area contributed by atoms with Crippen molar-refractivity contribution < 1.29 is 4.74 Å². The Morgan fingerprint density at radius 1 is 1.03 bits per heavy atom. The molecule has 4 aromatic rings. The molecule has 0 amide bonds. The number of H-pyrrole nitrogens is 1. The molecule has 164 valence electrons. The molecule has 0 saturated heterocycles. The lowest BCUT2D eigenvalue weighted by Gasteiger charge is -2.26. The van der Waals surface area contributed by atoms with Crippen molar-refractivity contribution in [3.8, 4) is 16.9 Å². The van der Waals surface area contributed by atoms with Gasteiger partial charge >= 0.3 is 0 Å². The highest BCUT2D eigenvalue weighted by Crippen LogP contribution is 2.34. The highest BCUT2D eigenvalue weighted by molar-refractivity contribution is 5.78. The van der Waals surface area contributed by atoms with E-state index in [1.807, 2.05) is 20.0 Å². The molecule has 1 aromatic carbocycles. The fourth-order valence-corrected chi connectivity index (χ4v) is 4.55. The van der Waals surface area contributed by atoms with E-state index in [9.17, 15) is 0 Å². The lowest BCUT2D eigenvalue weighted by atomic mass is 10.0. The third-order valence-corrected chi connectivity index (χ3v) is 5.93. The second-order valence-electron chi connectivity index (χ2n) is 8.76. The quantitative estimate of drug-likeness (QED) is 0.502. The first kappa shape index (κ1) is 20.4. The number of hydrogen-bond acceptors (Lipinski definition) is 6. The molecule has 0 aliphatic carbocycles. The summed E-state index contributed by atoms with van der Waals surface area (Å²) in [6, 6.07) is 8.47. The Balaban J connectivity index is 1.54. The number of fused-ring (bicyclic) bond motifs is 2. The normalized spacial score (nSPS) is 13.9. The lowest BCUT2D eigenvalue weighted by molar-refractivity contribution is 0.331. The van der Waals surface area contributed by atoms with Gasteiger partial charge in [-0.15, -0.1) is 0 Å². The number of rotatable bonds is 3. The number of aromatic amines is 1. The highest BCUT2D eigenvalue weighted by atomic mass is 16.5. The van der Waals surface area contributed by atoms with Gasteiger partial charge in [-0.25, -0.2) is 19.9 Å². The Labute approximate surface area is 187 Å². The maximum absolute atomic E-state index is 6.11. The van der Waals surface area contributed by atoms with Crippen LogP contribution in [0.5, 0.6) is 5.75 Å². The first-order valence-electron chi connectivity index (χ1n) is 11.1. The molecule has 32 heavy (non-hydrogen) atoms. The number of hydrogen-bond donors (Lipinski definition) is 1. The molecule has 5 rings (SSSR count). The molecule has 1 aliphatic heterocycles. The Bertz CT molecular complexity index is 1310. The van der Waals surface area contributed by atoms with Gasteiger partial charge in [0.2, 0.25) is 0 Å². The first-order chi connectivity index (χ1) is 15.4. The molecule has 7 nitrogen and oxygen atoms in total. The summed E-state index contributed by atoms with van der Waals surface area (Å²) in [5, 5.41) is 0. The number of nitrogens with zero attached hydrogens (tertiary/aromatic N) is 5. The van der Waals surface area contributed by atoms with Gasteiger partial charge in [0.1, 0.15) is 29.8 Å². The summed E-state index contributed by atoms with van der Waals surface area (Å²) in [7, 11) is 0. The fourth-order valence-electron chi connectivity index (χ4n) is 4.55. The number of benzene rings is 1. The summed E-state index contributed by atoms with van der Waals surface area (Å²) < 4.78 is 6.11. The van der Waals surface area contributed by atoms with E-state index in [1.165, 1.54) is 5.56 Å². The van der Waals surface area contributed by atoms with E-state index in [1.54, 1.807) is 0 Å². The topological polar surface area (TPSA) is 79.8 Å². The van der Waals surface area contributed by atoms with Crippen molar-refractivity contribution >= 4 is 17.0 Å². The molecule has 0 radical (unpaired) electrons. The van der Waals surface area contributed by atoms with Crippen LogP contribution in [-0.4, -0.2) is 38.1 Å². The molecule has 3 aromatic heterocycles. The molecular formula is C25H28N6O. The Morgan fingerprint density at radius 3 is 2.69 bits per heavy atom. The van der Waals surface area contributed by atoms with E-state index in [2.05, 4.69) is 69.9 Å². The smallest absolute Gasteiger partial charge is 0.177 e. The second kappa shape index (κ2) is 7.89. The van der Waals surface area contributed by atoms with E-state index in [4.69, 9.17) is 9.72 Å². The van der Waals surface area contributed by atoms with Crippen LogP contribution in [0.25, 0.3) is 22.3 Å². The summed E-state index contributed by atoms with van der Waals surface area (Å²) in [5.74, 6) is 3.96. The Kier molecular flexibility index (Phi) is 5.04. The molecule has 1 N–H and O–H groups in total. The van der Waals surface area contributed by atoms with Gasteiger partial charge in [-0.2, -0.15) is 0 Å². The van der Waals surface area contributed by atoms with Crippen molar-refractivity contribution in [2.45, 2.75) is 47.1 Å². The summed E-state index contributed by atoms with van der Waals surface area (Å²) in [4.78, 5) is 24.0. The van der Waals surface area contributed by atoms with Gasteiger partial charge in [0.05, 0.1) is 12.1 Å². The summed E-state index contributed by atoms with van der Waals surface area (Å²) in [6.07, 6.45) is 1.88. The number of pyridine rings is 1. The predicted octanol–water partition coefficient (Wildman–Crippen LogP) is 4.86. The van der Waals surface area contributed by atoms with Crippen LogP contribution in [0.2, 0.25) is 0 Å². The maximum atomic E-state index is 6.11. The largest absolute Gasteiger partial charge is 0.491 e. The molecule has 0 atom stereocenters. The van der Waals surface area contributed by atoms with Crippen molar-refractivity contribution in [3.05, 3.63) is 58.9 Å². The third-order valence-electron chi connectivity index (χ3n) is 5.93. The predicted molar refractivity (Wildman–Crippen MR) is 126 cm³/mol. The van der Waals surface area contributed by atoms with Crippen molar-refractivity contribution in [2.75, 3.05) is 18.1 Å². The van der Waals surface area contributed by atoms with Crippen LogP contribution in [0, 0.1) is 20.8 Å². The number of imidazole rings is 1. The molecular weight excluding hydrogens is 400 g/mol. The van der Waals surface area contributed by atoms with Gasteiger partial charge < -0.3 is 14.6 Å². The number of anilines is 1. The van der Waals surface area contributed by atoms with E-state index < -0.39 is 0 Å². The zero-order valence-corrected chi connectivity index (χ0v) is 19.2. The van der Waals surface area contributed by atoms with Crippen molar-refractivity contribution in [1.29, 1.82) is 0 Å². The molecule has 0 fully saturated rings. The molecule has 4 heterocycles. The number of aryl methyl sites for hydroxylation is 3. The number of aromatic nitrogens is 5. The summed E-state index contributed by atoms with van der Waals surface area (Å²) in [5.41, 5.74) is 7.25. The van der Waals surface area contributed by atoms with Crippen LogP contribution in [0.15, 0.2) is 30.5 Å². The van der Waals surface area contributed by atoms with Crippen molar-refractivity contribution in [3.63, 3.8) is 0 Å². The van der Waals surface area contributed by atoms with Crippen LogP contribution in [0.4, 0.5) is 5.82 Å². The standard InChI is InChI=1S/C25H28N6O/c1-14(2)23-15(3)27-16(4)30-25(23)31-8-9-32-22-7-6-18(10-20(22)13-31)19-11-21-24(26-12-19)29-17(5)28-21/h6-7,10-12,14H,8-9,13H2,1-5H3,(H,26,28,29). The minimum Gasteiger partial charge on any atom is -0.491 e. The zero-order chi connectivity index (χ0) is 22.4. The van der Waals surface area contributed by atoms with E-state index in [-0.39, 0.29) is 0 Å². The van der Waals surface area contributed by atoms with Gasteiger partial charge in [-0.05, 0) is 50.5 Å². The second-order valence-corrected chi connectivity index (χ2v) is 8.76. The average Bonchev–Trinajstić information content (AvgIpc) is 2.98. The van der Waals surface area contributed by atoms with Crippen molar-refractivity contribution in [1.82, 2.24) is 24.9 Å². The zero-order valence-electron chi connectivity index (χ0n) is 19.2. The van der Waals surface area contributed by atoms with Gasteiger partial charge in [0.15, 0.2) is 5.65 Å². The van der Waals surface area contributed by atoms with Crippen LogP contribution < -0.4 is 9.64 Å². The molecule has 1 aliphatic rings. The van der Waals surface area contributed by atoms with Crippen LogP contribution in [-0.2, 0) is 6.54 Å². The van der Waals surface area contributed by atoms with Crippen LogP contribution in [0.1, 0.15) is 48.2 Å². The van der Waals surface area contributed by atoms with Gasteiger partial charge in [-0.3, -0.25) is 0 Å². The Hall–Kier alpha value is -3.48. The summed E-state index contributed by atoms with van der Waals surface area (Å²) >= 11 is 0. The van der Waals surface area contributed by atoms with E-state index >= 15 is 0 Å². The average molecular weight is 429 g/mol. The highest BCUT2D eigenvalue weighted by Gasteiger charge is 2.23.